The number of hydrogen-bond donors (Lipinski definition) is 1. The van der Waals surface area contributed by atoms with Crippen molar-refractivity contribution in [1.29, 1.82) is 0 Å². The predicted octanol–water partition coefficient (Wildman–Crippen LogP) is 1.59. The van der Waals surface area contributed by atoms with Crippen LogP contribution in [0.2, 0.25) is 0 Å². The molecule has 0 spiro atoms. The van der Waals surface area contributed by atoms with E-state index in [1.807, 2.05) is 25.1 Å². The first-order valence-electron chi connectivity index (χ1n) is 7.17. The fourth-order valence-electron chi connectivity index (χ4n) is 1.92. The average Bonchev–Trinajstić information content (AvgIpc) is 2.45. The minimum atomic E-state index is 0.0725. The molecule has 0 fully saturated rings. The first-order valence-corrected chi connectivity index (χ1v) is 7.17. The molecule has 0 atom stereocenters. The van der Waals surface area contributed by atoms with Gasteiger partial charge in [0.1, 0.15) is 5.75 Å². The average molecular weight is 294 g/mol. The summed E-state index contributed by atoms with van der Waals surface area (Å²) in [5.74, 6) is 0.942. The standard InChI is InChI=1S/C16H26N2O3/c1-13-6-5-7-14(12-17-9-11-20-4)16(13)21-10-8-15(19)18(2)3/h5-7,17H,8-12H2,1-4H3. The van der Waals surface area contributed by atoms with Gasteiger partial charge in [-0.25, -0.2) is 0 Å². The Morgan fingerprint density at radius 1 is 1.29 bits per heavy atom. The molecule has 0 unspecified atom stereocenters. The summed E-state index contributed by atoms with van der Waals surface area (Å²) in [7, 11) is 5.19. The maximum atomic E-state index is 11.6. The lowest BCUT2D eigenvalue weighted by Gasteiger charge is -2.16. The lowest BCUT2D eigenvalue weighted by molar-refractivity contribution is -0.129. The SMILES string of the molecule is COCCNCc1cccc(C)c1OCCC(=O)N(C)C. The Morgan fingerprint density at radius 2 is 2.05 bits per heavy atom. The number of nitrogens with zero attached hydrogens (tertiary/aromatic N) is 1. The number of hydrogen-bond acceptors (Lipinski definition) is 4. The van der Waals surface area contributed by atoms with Crippen molar-refractivity contribution >= 4 is 5.91 Å². The third kappa shape index (κ3) is 6.14. The Balaban J connectivity index is 2.56. The van der Waals surface area contributed by atoms with Crippen molar-refractivity contribution in [2.24, 2.45) is 0 Å². The Morgan fingerprint density at radius 3 is 2.71 bits per heavy atom. The Kier molecular flexibility index (Phi) is 7.79. The summed E-state index contributed by atoms with van der Waals surface area (Å²) in [4.78, 5) is 13.1. The van der Waals surface area contributed by atoms with Crippen LogP contribution >= 0.6 is 0 Å². The molecule has 0 bridgehead atoms. The summed E-state index contributed by atoms with van der Waals surface area (Å²) >= 11 is 0. The molecule has 1 amide bonds. The van der Waals surface area contributed by atoms with E-state index in [4.69, 9.17) is 9.47 Å². The fourth-order valence-corrected chi connectivity index (χ4v) is 1.92. The third-order valence-electron chi connectivity index (χ3n) is 3.15. The molecule has 1 aromatic rings. The van der Waals surface area contributed by atoms with Gasteiger partial charge in [0.2, 0.25) is 5.91 Å². The van der Waals surface area contributed by atoms with E-state index >= 15 is 0 Å². The first-order chi connectivity index (χ1) is 10.1. The van der Waals surface area contributed by atoms with Crippen molar-refractivity contribution in [3.8, 4) is 5.75 Å². The number of carbonyl (C=O) groups is 1. The van der Waals surface area contributed by atoms with Crippen molar-refractivity contribution in [3.63, 3.8) is 0 Å². The van der Waals surface area contributed by atoms with Gasteiger partial charge >= 0.3 is 0 Å². The Bertz CT molecular complexity index is 447. The van der Waals surface area contributed by atoms with Crippen LogP contribution in [-0.2, 0) is 16.1 Å². The second-order valence-electron chi connectivity index (χ2n) is 5.12. The molecule has 0 aliphatic carbocycles. The fraction of sp³-hybridized carbons (Fsp3) is 0.562. The molecule has 0 aromatic heterocycles. The van der Waals surface area contributed by atoms with Crippen LogP contribution in [0.25, 0.3) is 0 Å². The lowest BCUT2D eigenvalue weighted by atomic mass is 10.1. The number of ether oxygens (including phenoxy) is 2. The number of para-hydroxylation sites is 1. The van der Waals surface area contributed by atoms with Gasteiger partial charge in [-0.2, -0.15) is 0 Å². The van der Waals surface area contributed by atoms with Crippen molar-refractivity contribution in [1.82, 2.24) is 10.2 Å². The van der Waals surface area contributed by atoms with Gasteiger partial charge < -0.3 is 19.7 Å². The van der Waals surface area contributed by atoms with Crippen molar-refractivity contribution in [2.45, 2.75) is 19.9 Å². The topological polar surface area (TPSA) is 50.8 Å². The van der Waals surface area contributed by atoms with Crippen molar-refractivity contribution in [3.05, 3.63) is 29.3 Å². The Hall–Kier alpha value is -1.59. The van der Waals surface area contributed by atoms with E-state index < -0.39 is 0 Å². The minimum absolute atomic E-state index is 0.0725. The highest BCUT2D eigenvalue weighted by Gasteiger charge is 2.09. The summed E-state index contributed by atoms with van der Waals surface area (Å²) in [6, 6.07) is 6.07. The van der Waals surface area contributed by atoms with E-state index in [1.54, 1.807) is 26.1 Å². The zero-order valence-corrected chi connectivity index (χ0v) is 13.4. The predicted molar refractivity (Wildman–Crippen MR) is 83.6 cm³/mol. The largest absolute Gasteiger partial charge is 0.492 e. The highest BCUT2D eigenvalue weighted by atomic mass is 16.5. The van der Waals surface area contributed by atoms with Gasteiger partial charge in [0.15, 0.2) is 0 Å². The third-order valence-corrected chi connectivity index (χ3v) is 3.15. The molecule has 1 N–H and O–H groups in total. The highest BCUT2D eigenvalue weighted by molar-refractivity contribution is 5.75. The molecule has 0 aliphatic heterocycles. The molecule has 5 nitrogen and oxygen atoms in total. The molecule has 118 valence electrons. The number of benzene rings is 1. The molecule has 1 rings (SSSR count). The molecule has 5 heteroatoms. The molecule has 0 saturated carbocycles. The number of nitrogens with one attached hydrogen (secondary N) is 1. The zero-order valence-electron chi connectivity index (χ0n) is 13.4. The molecule has 0 saturated heterocycles. The number of methoxy groups -OCH3 is 1. The van der Waals surface area contributed by atoms with Crippen LogP contribution in [0.1, 0.15) is 17.5 Å². The van der Waals surface area contributed by atoms with Gasteiger partial charge in [-0.05, 0) is 12.5 Å². The maximum Gasteiger partial charge on any atom is 0.225 e. The summed E-state index contributed by atoms with van der Waals surface area (Å²) in [6.07, 6.45) is 0.387. The molecule has 0 radical (unpaired) electrons. The summed E-state index contributed by atoms with van der Waals surface area (Å²) in [5, 5.41) is 3.31. The van der Waals surface area contributed by atoms with E-state index in [-0.39, 0.29) is 5.91 Å². The molecular weight excluding hydrogens is 268 g/mol. The van der Waals surface area contributed by atoms with Gasteiger partial charge in [-0.1, -0.05) is 18.2 Å². The van der Waals surface area contributed by atoms with Gasteiger partial charge in [-0.3, -0.25) is 4.79 Å². The molecule has 1 aromatic carbocycles. The van der Waals surface area contributed by atoms with E-state index in [0.29, 0.717) is 19.6 Å². The van der Waals surface area contributed by atoms with Crippen LogP contribution in [0.4, 0.5) is 0 Å². The summed E-state index contributed by atoms with van der Waals surface area (Å²) < 4.78 is 10.8. The maximum absolute atomic E-state index is 11.6. The number of amides is 1. The van der Waals surface area contributed by atoms with Crippen molar-refractivity contribution < 1.29 is 14.3 Å². The monoisotopic (exact) mass is 294 g/mol. The van der Waals surface area contributed by atoms with Crippen LogP contribution in [0.3, 0.4) is 0 Å². The molecular formula is C16H26N2O3. The quantitative estimate of drug-likeness (QED) is 0.703. The van der Waals surface area contributed by atoms with Crippen molar-refractivity contribution in [2.75, 3.05) is 41.0 Å². The van der Waals surface area contributed by atoms with Gasteiger partial charge in [0, 0.05) is 39.9 Å². The minimum Gasteiger partial charge on any atom is -0.492 e. The Labute approximate surface area is 127 Å². The van der Waals surface area contributed by atoms with Crippen LogP contribution in [0.5, 0.6) is 5.75 Å². The highest BCUT2D eigenvalue weighted by Crippen LogP contribution is 2.23. The number of aryl methyl sites for hydroxylation is 1. The molecule has 0 aliphatic rings. The number of rotatable bonds is 9. The van der Waals surface area contributed by atoms with E-state index in [9.17, 15) is 4.79 Å². The smallest absolute Gasteiger partial charge is 0.225 e. The van der Waals surface area contributed by atoms with Crippen LogP contribution in [0.15, 0.2) is 18.2 Å². The molecule has 21 heavy (non-hydrogen) atoms. The van der Waals surface area contributed by atoms with Crippen LogP contribution in [-0.4, -0.2) is 51.8 Å². The summed E-state index contributed by atoms with van der Waals surface area (Å²) in [6.45, 7) is 4.61. The van der Waals surface area contributed by atoms with E-state index in [2.05, 4.69) is 5.32 Å². The van der Waals surface area contributed by atoms with Crippen LogP contribution in [0, 0.1) is 6.92 Å². The van der Waals surface area contributed by atoms with E-state index in [0.717, 1.165) is 30.0 Å². The lowest BCUT2D eigenvalue weighted by Crippen LogP contribution is -2.24. The number of carbonyl (C=O) groups excluding carboxylic acids is 1. The zero-order chi connectivity index (χ0) is 15.7. The second kappa shape index (κ2) is 9.37. The normalized spacial score (nSPS) is 10.5. The van der Waals surface area contributed by atoms with Gasteiger partial charge in [-0.15, -0.1) is 0 Å². The van der Waals surface area contributed by atoms with E-state index in [1.165, 1.54) is 0 Å². The van der Waals surface area contributed by atoms with Crippen LogP contribution < -0.4 is 10.1 Å². The second-order valence-corrected chi connectivity index (χ2v) is 5.12. The van der Waals surface area contributed by atoms with Gasteiger partial charge in [0.25, 0.3) is 0 Å². The first kappa shape index (κ1) is 17.5. The molecule has 0 heterocycles. The van der Waals surface area contributed by atoms with Gasteiger partial charge in [0.05, 0.1) is 19.6 Å². The summed E-state index contributed by atoms with van der Waals surface area (Å²) in [5.41, 5.74) is 2.18.